The first-order valence-corrected chi connectivity index (χ1v) is 11.8. The van der Waals surface area contributed by atoms with E-state index in [9.17, 15) is 19.1 Å². The maximum Gasteiger partial charge on any atom is 0.335 e. The van der Waals surface area contributed by atoms with E-state index in [2.05, 4.69) is 13.8 Å². The summed E-state index contributed by atoms with van der Waals surface area (Å²) in [4.78, 5) is 27.2. The van der Waals surface area contributed by atoms with Crippen molar-refractivity contribution in [3.8, 4) is 0 Å². The Hall–Kier alpha value is -3.18. The Morgan fingerprint density at radius 1 is 1.06 bits per heavy atom. The maximum atomic E-state index is 14.5. The Morgan fingerprint density at radius 3 is 2.47 bits per heavy atom. The van der Waals surface area contributed by atoms with E-state index in [-0.39, 0.29) is 29.8 Å². The van der Waals surface area contributed by atoms with Crippen molar-refractivity contribution in [3.05, 3.63) is 99.8 Å². The molecule has 3 aromatic carbocycles. The molecule has 0 bridgehead atoms. The van der Waals surface area contributed by atoms with Gasteiger partial charge < -0.3 is 10.0 Å². The molecule has 34 heavy (non-hydrogen) atoms. The van der Waals surface area contributed by atoms with Crippen LogP contribution in [0.15, 0.2) is 66.7 Å². The number of amides is 1. The number of aryl methyl sites for hydroxylation is 1. The molecular weight excluding hydrogens is 453 g/mol. The molecule has 0 saturated carbocycles. The molecular formula is C28H27ClFNO3. The molecule has 1 atom stereocenters. The fourth-order valence-corrected chi connectivity index (χ4v) is 5.12. The number of anilines is 1. The van der Waals surface area contributed by atoms with Gasteiger partial charge in [0.1, 0.15) is 5.82 Å². The maximum absolute atomic E-state index is 14.5. The van der Waals surface area contributed by atoms with Crippen molar-refractivity contribution in [2.24, 2.45) is 5.92 Å². The molecule has 0 fully saturated rings. The Bertz CT molecular complexity index is 1220. The van der Waals surface area contributed by atoms with Crippen LogP contribution in [0.4, 0.5) is 10.1 Å². The first-order chi connectivity index (χ1) is 16.2. The average Bonchev–Trinajstić information content (AvgIpc) is 3.01. The SMILES string of the molecule is CC(C)CC1(CCc2ccc(Cl)cc2)C(=O)N(Cc2cccc(C(=O)O)c2)c2ccc(F)cc21. The van der Waals surface area contributed by atoms with Gasteiger partial charge in [0.2, 0.25) is 5.91 Å². The molecule has 4 rings (SSSR count). The molecule has 0 radical (unpaired) electrons. The van der Waals surface area contributed by atoms with Crippen molar-refractivity contribution in [1.29, 1.82) is 0 Å². The number of rotatable bonds is 8. The van der Waals surface area contributed by atoms with E-state index in [1.807, 2.05) is 24.3 Å². The van der Waals surface area contributed by atoms with E-state index in [4.69, 9.17) is 11.6 Å². The first-order valence-electron chi connectivity index (χ1n) is 11.4. The molecule has 0 aliphatic carbocycles. The fourth-order valence-electron chi connectivity index (χ4n) is 5.00. The van der Waals surface area contributed by atoms with Crippen LogP contribution in [0, 0.1) is 11.7 Å². The van der Waals surface area contributed by atoms with Crippen LogP contribution in [0.25, 0.3) is 0 Å². The van der Waals surface area contributed by atoms with Gasteiger partial charge in [-0.3, -0.25) is 4.79 Å². The number of hydrogen-bond donors (Lipinski definition) is 1. The minimum Gasteiger partial charge on any atom is -0.478 e. The van der Waals surface area contributed by atoms with E-state index >= 15 is 0 Å². The average molecular weight is 480 g/mol. The molecule has 1 N–H and O–H groups in total. The zero-order chi connectivity index (χ0) is 24.5. The van der Waals surface area contributed by atoms with Gasteiger partial charge >= 0.3 is 5.97 Å². The van der Waals surface area contributed by atoms with E-state index in [0.717, 1.165) is 5.56 Å². The van der Waals surface area contributed by atoms with Gasteiger partial charge in [0.05, 0.1) is 17.5 Å². The van der Waals surface area contributed by atoms with E-state index in [1.54, 1.807) is 29.2 Å². The van der Waals surface area contributed by atoms with Crippen LogP contribution in [-0.2, 0) is 23.2 Å². The summed E-state index contributed by atoms with van der Waals surface area (Å²) < 4.78 is 14.5. The van der Waals surface area contributed by atoms with Crippen molar-refractivity contribution in [2.45, 2.75) is 45.1 Å². The lowest BCUT2D eigenvalue weighted by Gasteiger charge is -2.31. The lowest BCUT2D eigenvalue weighted by molar-refractivity contribution is -0.124. The molecule has 0 spiro atoms. The van der Waals surface area contributed by atoms with E-state index < -0.39 is 11.4 Å². The molecule has 0 aromatic heterocycles. The summed E-state index contributed by atoms with van der Waals surface area (Å²) in [6.07, 6.45) is 1.77. The number of carbonyl (C=O) groups is 2. The van der Waals surface area contributed by atoms with E-state index in [0.29, 0.717) is 41.1 Å². The Morgan fingerprint density at radius 2 is 1.79 bits per heavy atom. The number of carboxylic acid groups (broad SMARTS) is 1. The van der Waals surface area contributed by atoms with Gasteiger partial charge in [0.25, 0.3) is 0 Å². The molecule has 3 aromatic rings. The van der Waals surface area contributed by atoms with E-state index in [1.165, 1.54) is 18.2 Å². The predicted octanol–water partition coefficient (Wildman–Crippen LogP) is 6.64. The smallest absolute Gasteiger partial charge is 0.335 e. The van der Waals surface area contributed by atoms with Crippen LogP contribution in [0.2, 0.25) is 5.02 Å². The molecule has 1 unspecified atom stereocenters. The summed E-state index contributed by atoms with van der Waals surface area (Å²) in [5, 5.41) is 10.0. The summed E-state index contributed by atoms with van der Waals surface area (Å²) in [6.45, 7) is 4.35. The molecule has 176 valence electrons. The van der Waals surface area contributed by atoms with Gasteiger partial charge in [-0.1, -0.05) is 49.7 Å². The number of nitrogens with zero attached hydrogens (tertiary/aromatic N) is 1. The van der Waals surface area contributed by atoms with Gasteiger partial charge in [0.15, 0.2) is 0 Å². The highest BCUT2D eigenvalue weighted by molar-refractivity contribution is 6.30. The number of hydrogen-bond acceptors (Lipinski definition) is 2. The van der Waals surface area contributed by atoms with Crippen molar-refractivity contribution in [3.63, 3.8) is 0 Å². The minimum atomic E-state index is -1.02. The number of carbonyl (C=O) groups excluding carboxylic acids is 1. The Balaban J connectivity index is 1.74. The predicted molar refractivity (Wildman–Crippen MR) is 132 cm³/mol. The topological polar surface area (TPSA) is 57.6 Å². The van der Waals surface area contributed by atoms with Gasteiger partial charge in [-0.05, 0) is 84.3 Å². The third-order valence-corrected chi connectivity index (χ3v) is 6.70. The Kier molecular flexibility index (Phi) is 6.76. The highest BCUT2D eigenvalue weighted by Gasteiger charge is 2.50. The summed E-state index contributed by atoms with van der Waals surface area (Å²) in [5.41, 5.74) is 2.46. The van der Waals surface area contributed by atoms with Gasteiger partial charge in [-0.2, -0.15) is 0 Å². The normalized spacial score (nSPS) is 17.3. The van der Waals surface area contributed by atoms with Crippen LogP contribution in [0.3, 0.4) is 0 Å². The summed E-state index contributed by atoms with van der Waals surface area (Å²) >= 11 is 6.03. The van der Waals surface area contributed by atoms with Crippen LogP contribution in [-0.4, -0.2) is 17.0 Å². The second-order valence-electron chi connectivity index (χ2n) is 9.36. The standard InChI is InChI=1S/C28H27ClFNO3/c1-18(2)16-28(13-12-19-6-8-22(29)9-7-19)24-15-23(30)10-11-25(24)31(27(28)34)17-20-4-3-5-21(14-20)26(32)33/h3-11,14-15,18H,12-13,16-17H2,1-2H3,(H,32,33). The summed E-state index contributed by atoms with van der Waals surface area (Å²) in [5.74, 6) is -1.26. The van der Waals surface area contributed by atoms with Crippen molar-refractivity contribution in [1.82, 2.24) is 0 Å². The zero-order valence-electron chi connectivity index (χ0n) is 19.2. The molecule has 1 amide bonds. The molecule has 1 heterocycles. The quantitative estimate of drug-likeness (QED) is 0.394. The lowest BCUT2D eigenvalue weighted by atomic mass is 9.71. The largest absolute Gasteiger partial charge is 0.478 e. The molecule has 4 nitrogen and oxygen atoms in total. The lowest BCUT2D eigenvalue weighted by Crippen LogP contribution is -2.41. The van der Waals surface area contributed by atoms with Crippen LogP contribution in [0.5, 0.6) is 0 Å². The van der Waals surface area contributed by atoms with Gasteiger partial charge in [-0.15, -0.1) is 0 Å². The fraction of sp³-hybridized carbons (Fsp3) is 0.286. The highest BCUT2D eigenvalue weighted by Crippen LogP contribution is 2.49. The monoisotopic (exact) mass is 479 g/mol. The number of benzene rings is 3. The molecule has 1 aliphatic heterocycles. The van der Waals surface area contributed by atoms with Crippen LogP contribution >= 0.6 is 11.6 Å². The first kappa shape index (κ1) is 24.0. The number of fused-ring (bicyclic) bond motifs is 1. The zero-order valence-corrected chi connectivity index (χ0v) is 20.0. The summed E-state index contributed by atoms with van der Waals surface area (Å²) in [6, 6.07) is 18.7. The van der Waals surface area contributed by atoms with Crippen molar-refractivity contribution in [2.75, 3.05) is 4.90 Å². The van der Waals surface area contributed by atoms with Crippen molar-refractivity contribution < 1.29 is 19.1 Å². The minimum absolute atomic E-state index is 0.0727. The second kappa shape index (κ2) is 9.59. The third-order valence-electron chi connectivity index (χ3n) is 6.44. The third kappa shape index (κ3) is 4.71. The van der Waals surface area contributed by atoms with Gasteiger partial charge in [0, 0.05) is 10.7 Å². The summed E-state index contributed by atoms with van der Waals surface area (Å²) in [7, 11) is 0. The number of carboxylic acids is 1. The van der Waals surface area contributed by atoms with Crippen LogP contribution in [0.1, 0.15) is 53.7 Å². The van der Waals surface area contributed by atoms with Gasteiger partial charge in [-0.25, -0.2) is 9.18 Å². The molecule has 1 aliphatic rings. The number of aromatic carboxylic acids is 1. The Labute approximate surface area is 204 Å². The van der Waals surface area contributed by atoms with Crippen LogP contribution < -0.4 is 4.90 Å². The number of halogens is 2. The second-order valence-corrected chi connectivity index (χ2v) is 9.80. The highest BCUT2D eigenvalue weighted by atomic mass is 35.5. The van der Waals surface area contributed by atoms with Crippen molar-refractivity contribution >= 4 is 29.2 Å². The molecule has 0 saturated heterocycles. The molecule has 6 heteroatoms.